The average molecular weight is 472 g/mol. The molecule has 30 heavy (non-hydrogen) atoms. The van der Waals surface area contributed by atoms with Gasteiger partial charge in [-0.1, -0.05) is 37.0 Å². The summed E-state index contributed by atoms with van der Waals surface area (Å²) < 4.78 is 26.5. The largest absolute Gasteiger partial charge is 0.336 e. The lowest BCUT2D eigenvalue weighted by molar-refractivity contribution is -0.139. The van der Waals surface area contributed by atoms with Gasteiger partial charge in [-0.3, -0.25) is 9.59 Å². The van der Waals surface area contributed by atoms with E-state index in [-0.39, 0.29) is 41.1 Å². The summed E-state index contributed by atoms with van der Waals surface area (Å²) in [4.78, 5) is 26.9. The lowest BCUT2D eigenvalue weighted by atomic mass is 10.1. The first-order chi connectivity index (χ1) is 14.0. The summed E-state index contributed by atoms with van der Waals surface area (Å²) in [5.74, 6) is -0.727. The number of sulfone groups is 1. The highest BCUT2D eigenvalue weighted by atomic mass is 35.5. The van der Waals surface area contributed by atoms with Gasteiger partial charge in [0.25, 0.3) is 0 Å². The molecule has 1 aromatic carbocycles. The van der Waals surface area contributed by atoms with E-state index in [1.54, 1.807) is 0 Å². The van der Waals surface area contributed by atoms with Crippen LogP contribution >= 0.6 is 23.2 Å². The van der Waals surface area contributed by atoms with Gasteiger partial charge in [0.2, 0.25) is 11.8 Å². The van der Waals surface area contributed by atoms with E-state index in [9.17, 15) is 23.3 Å². The topological polar surface area (TPSA) is 107 Å². The van der Waals surface area contributed by atoms with Crippen molar-refractivity contribution < 1.29 is 18.0 Å². The first kappa shape index (κ1) is 22.9. The number of likely N-dealkylation sites (tertiary alicyclic amines) is 1. The highest BCUT2D eigenvalue weighted by Gasteiger charge is 2.50. The Labute approximate surface area is 186 Å². The van der Waals surface area contributed by atoms with E-state index in [0.29, 0.717) is 17.9 Å². The van der Waals surface area contributed by atoms with Crippen LogP contribution in [-0.2, 0) is 19.4 Å². The number of carbonyl (C=O) groups excluding carboxylic acids is 2. The van der Waals surface area contributed by atoms with Gasteiger partial charge in [-0.25, -0.2) is 8.42 Å². The normalized spacial score (nSPS) is 22.6. The molecule has 1 aromatic rings. The molecule has 2 aliphatic rings. The molecule has 10 heteroatoms. The molecule has 1 heterocycles. The fourth-order valence-electron chi connectivity index (χ4n) is 3.61. The Hall–Kier alpha value is -1.82. The SMILES string of the molecule is CC(C)CC(=O)N1C[C@H](S(=O)(=O)c2ccc(Cl)cc2Cl)C[C@H]1C(=O)NC1(C#N)CC1. The van der Waals surface area contributed by atoms with Crippen LogP contribution in [0.15, 0.2) is 23.1 Å². The maximum atomic E-state index is 13.2. The third kappa shape index (κ3) is 4.58. The van der Waals surface area contributed by atoms with E-state index in [2.05, 4.69) is 11.4 Å². The second-order valence-electron chi connectivity index (χ2n) is 8.32. The van der Waals surface area contributed by atoms with E-state index in [0.717, 1.165) is 0 Å². The number of nitriles is 1. The van der Waals surface area contributed by atoms with Crippen LogP contribution in [0, 0.1) is 17.2 Å². The molecule has 0 bridgehead atoms. The van der Waals surface area contributed by atoms with Crippen LogP contribution in [0.5, 0.6) is 0 Å². The predicted molar refractivity (Wildman–Crippen MR) is 113 cm³/mol. The molecular formula is C20H23Cl2N3O4S. The van der Waals surface area contributed by atoms with Gasteiger partial charge in [0.05, 0.1) is 21.2 Å². The minimum absolute atomic E-state index is 0.00290. The van der Waals surface area contributed by atoms with Crippen molar-refractivity contribution in [3.63, 3.8) is 0 Å². The van der Waals surface area contributed by atoms with Gasteiger partial charge in [-0.15, -0.1) is 0 Å². The number of hydrogen-bond donors (Lipinski definition) is 1. The second-order valence-corrected chi connectivity index (χ2v) is 11.4. The lowest BCUT2D eigenvalue weighted by Crippen LogP contribution is -2.49. The van der Waals surface area contributed by atoms with Crippen molar-refractivity contribution in [2.24, 2.45) is 5.92 Å². The average Bonchev–Trinajstić information content (AvgIpc) is 3.26. The summed E-state index contributed by atoms with van der Waals surface area (Å²) in [6.07, 6.45) is 1.23. The number of hydrogen-bond acceptors (Lipinski definition) is 5. The Morgan fingerprint density at radius 2 is 2.00 bits per heavy atom. The summed E-state index contributed by atoms with van der Waals surface area (Å²) in [5.41, 5.74) is -0.902. The zero-order valence-electron chi connectivity index (χ0n) is 16.7. The fraction of sp³-hybridized carbons (Fsp3) is 0.550. The van der Waals surface area contributed by atoms with Gasteiger partial charge in [0.15, 0.2) is 9.84 Å². The van der Waals surface area contributed by atoms with E-state index >= 15 is 0 Å². The predicted octanol–water partition coefficient (Wildman–Crippen LogP) is 2.96. The summed E-state index contributed by atoms with van der Waals surface area (Å²) >= 11 is 12.0. The quantitative estimate of drug-likeness (QED) is 0.685. The van der Waals surface area contributed by atoms with E-state index in [4.69, 9.17) is 23.2 Å². The fourth-order valence-corrected chi connectivity index (χ4v) is 6.08. The van der Waals surface area contributed by atoms with Gasteiger partial charge in [-0.2, -0.15) is 5.26 Å². The molecule has 1 aliphatic heterocycles. The first-order valence-corrected chi connectivity index (χ1v) is 12.0. The molecule has 1 N–H and O–H groups in total. The van der Waals surface area contributed by atoms with E-state index in [1.165, 1.54) is 23.1 Å². The Morgan fingerprint density at radius 1 is 1.33 bits per heavy atom. The highest BCUT2D eigenvalue weighted by molar-refractivity contribution is 7.92. The van der Waals surface area contributed by atoms with Crippen molar-refractivity contribution in [2.45, 2.75) is 61.3 Å². The number of nitrogens with one attached hydrogen (secondary N) is 1. The zero-order valence-corrected chi connectivity index (χ0v) is 19.0. The standard InChI is InChI=1S/C20H23Cl2N3O4S/c1-12(2)7-18(26)25-10-14(9-16(25)19(27)24-20(11-23)5-6-20)30(28,29)17-4-3-13(21)8-15(17)22/h3-4,8,12,14,16H,5-7,9-10H2,1-2H3,(H,24,27)/t14-,16+/m1/s1. The van der Waals surface area contributed by atoms with Crippen molar-refractivity contribution in [2.75, 3.05) is 6.54 Å². The highest BCUT2D eigenvalue weighted by Crippen LogP contribution is 2.37. The summed E-state index contributed by atoms with van der Waals surface area (Å²) in [6.45, 7) is 3.64. The molecule has 7 nitrogen and oxygen atoms in total. The van der Waals surface area contributed by atoms with Crippen LogP contribution in [0.3, 0.4) is 0 Å². The Bertz CT molecular complexity index is 1020. The molecule has 2 amide bonds. The molecule has 1 saturated heterocycles. The minimum atomic E-state index is -3.91. The maximum absolute atomic E-state index is 13.2. The third-order valence-electron chi connectivity index (χ3n) is 5.43. The second kappa shape index (κ2) is 8.37. The van der Waals surface area contributed by atoms with Gasteiger partial charge < -0.3 is 10.2 Å². The van der Waals surface area contributed by atoms with Crippen LogP contribution in [0.25, 0.3) is 0 Å². The molecule has 3 rings (SSSR count). The molecular weight excluding hydrogens is 449 g/mol. The van der Waals surface area contributed by atoms with Crippen LogP contribution in [0.2, 0.25) is 10.0 Å². The number of halogens is 2. The van der Waals surface area contributed by atoms with Crippen molar-refractivity contribution in [1.29, 1.82) is 5.26 Å². The van der Waals surface area contributed by atoms with Crippen LogP contribution in [0.1, 0.15) is 39.5 Å². The van der Waals surface area contributed by atoms with Crippen LogP contribution in [0.4, 0.5) is 0 Å². The Balaban J connectivity index is 1.89. The summed E-state index contributed by atoms with van der Waals surface area (Å²) in [6, 6.07) is 5.25. The summed E-state index contributed by atoms with van der Waals surface area (Å²) in [5, 5.41) is 11.3. The maximum Gasteiger partial charge on any atom is 0.244 e. The first-order valence-electron chi connectivity index (χ1n) is 9.71. The number of nitrogens with zero attached hydrogens (tertiary/aromatic N) is 2. The van der Waals surface area contributed by atoms with Gasteiger partial charge in [0, 0.05) is 18.0 Å². The number of carbonyl (C=O) groups is 2. The third-order valence-corrected chi connectivity index (χ3v) is 8.28. The Morgan fingerprint density at radius 3 is 2.53 bits per heavy atom. The van der Waals surface area contributed by atoms with Crippen molar-refractivity contribution >= 4 is 44.9 Å². The minimum Gasteiger partial charge on any atom is -0.336 e. The van der Waals surface area contributed by atoms with Crippen molar-refractivity contribution in [3.05, 3.63) is 28.2 Å². The molecule has 162 valence electrons. The molecule has 2 fully saturated rings. The molecule has 0 radical (unpaired) electrons. The lowest BCUT2D eigenvalue weighted by Gasteiger charge is -2.25. The van der Waals surface area contributed by atoms with E-state index in [1.807, 2.05) is 13.8 Å². The Kier molecular flexibility index (Phi) is 6.38. The smallest absolute Gasteiger partial charge is 0.244 e. The molecule has 0 unspecified atom stereocenters. The number of benzene rings is 1. The number of amides is 2. The molecule has 0 aromatic heterocycles. The van der Waals surface area contributed by atoms with Gasteiger partial charge >= 0.3 is 0 Å². The zero-order chi connectivity index (χ0) is 22.3. The van der Waals surface area contributed by atoms with Gasteiger partial charge in [0.1, 0.15) is 11.6 Å². The van der Waals surface area contributed by atoms with E-state index < -0.39 is 32.6 Å². The molecule has 0 spiro atoms. The molecule has 2 atom stereocenters. The molecule has 1 saturated carbocycles. The van der Waals surface area contributed by atoms with Crippen molar-refractivity contribution in [3.8, 4) is 6.07 Å². The van der Waals surface area contributed by atoms with Crippen molar-refractivity contribution in [1.82, 2.24) is 10.2 Å². The van der Waals surface area contributed by atoms with Gasteiger partial charge in [-0.05, 0) is 43.4 Å². The monoisotopic (exact) mass is 471 g/mol. The van der Waals surface area contributed by atoms with Crippen LogP contribution in [-0.4, -0.2) is 48.5 Å². The summed E-state index contributed by atoms with van der Waals surface area (Å²) in [7, 11) is -3.91. The van der Waals surface area contributed by atoms with Crippen LogP contribution < -0.4 is 5.32 Å². The number of rotatable bonds is 6. The molecule has 1 aliphatic carbocycles.